The number of rotatable bonds is 0. The van der Waals surface area contributed by atoms with Gasteiger partial charge in [0.05, 0.1) is 12.1 Å². The zero-order valence-electron chi connectivity index (χ0n) is 11.7. The highest BCUT2D eigenvalue weighted by Crippen LogP contribution is 2.24. The number of ether oxygens (including phenoxy) is 1. The Morgan fingerprint density at radius 1 is 1.44 bits per heavy atom. The van der Waals surface area contributed by atoms with Crippen LogP contribution in [0.1, 0.15) is 34.6 Å². The quantitative estimate of drug-likeness (QED) is 0.622. The fourth-order valence-corrected chi connectivity index (χ4v) is 1.71. The molecule has 0 saturated carbocycles. The van der Waals surface area contributed by atoms with Crippen molar-refractivity contribution in [1.82, 2.24) is 4.90 Å². The molecule has 0 aromatic rings. The third kappa shape index (κ3) is 4.38. The van der Waals surface area contributed by atoms with E-state index in [2.05, 4.69) is 0 Å². The van der Waals surface area contributed by atoms with Crippen LogP contribution < -0.4 is 0 Å². The smallest absolute Gasteiger partial charge is 0.410 e. The van der Waals surface area contributed by atoms with E-state index in [0.717, 1.165) is 0 Å². The highest BCUT2D eigenvalue weighted by molar-refractivity contribution is 5.70. The number of carbonyl (C=O) groups is 1. The Hall–Kier alpha value is -1.54. The maximum atomic E-state index is 12.0. The van der Waals surface area contributed by atoms with Gasteiger partial charge in [-0.25, -0.2) is 9.59 Å². The largest absolute Gasteiger partial charge is 0.444 e. The Morgan fingerprint density at radius 3 is 2.56 bits per heavy atom. The van der Waals surface area contributed by atoms with E-state index in [1.165, 1.54) is 0 Å². The lowest BCUT2D eigenvalue weighted by molar-refractivity contribution is 0.0228. The molecule has 0 unspecified atom stereocenters. The van der Waals surface area contributed by atoms with Crippen molar-refractivity contribution in [3.63, 3.8) is 0 Å². The first-order valence-electron chi connectivity index (χ1n) is 6.04. The lowest BCUT2D eigenvalue weighted by Crippen LogP contribution is -2.41. The van der Waals surface area contributed by atoms with Gasteiger partial charge in [-0.3, -0.25) is 0 Å². The van der Waals surface area contributed by atoms with Crippen LogP contribution in [0.25, 0.3) is 0 Å². The molecule has 0 fully saturated rings. The van der Waals surface area contributed by atoms with E-state index in [1.54, 1.807) is 11.0 Å². The molecule has 0 aromatic heterocycles. The number of amides is 1. The van der Waals surface area contributed by atoms with Crippen molar-refractivity contribution in [1.29, 1.82) is 0 Å². The number of hydrogen-bond acceptors (Lipinski definition) is 3. The molecule has 1 aliphatic rings. The Balaban J connectivity index is 2.89. The van der Waals surface area contributed by atoms with Crippen LogP contribution in [-0.2, 0) is 9.53 Å². The second-order valence-electron chi connectivity index (χ2n) is 6.29. The number of nitrogens with zero attached hydrogens (tertiary/aromatic N) is 1. The fourth-order valence-electron chi connectivity index (χ4n) is 1.71. The summed E-state index contributed by atoms with van der Waals surface area (Å²) in [5, 5.41) is 0. The van der Waals surface area contributed by atoms with Crippen molar-refractivity contribution >= 4 is 12.0 Å². The van der Waals surface area contributed by atoms with Crippen LogP contribution in [0.5, 0.6) is 0 Å². The van der Waals surface area contributed by atoms with Gasteiger partial charge in [0.25, 0.3) is 0 Å². The van der Waals surface area contributed by atoms with Crippen LogP contribution in [0, 0.1) is 5.41 Å². The molecule has 0 aliphatic carbocycles. The van der Waals surface area contributed by atoms with Crippen molar-refractivity contribution in [2.75, 3.05) is 13.1 Å². The summed E-state index contributed by atoms with van der Waals surface area (Å²) < 4.78 is 5.33. The van der Waals surface area contributed by atoms with Gasteiger partial charge in [-0.2, -0.15) is 0 Å². The second kappa shape index (κ2) is 4.99. The van der Waals surface area contributed by atoms with Crippen LogP contribution in [0.2, 0.25) is 0 Å². The van der Waals surface area contributed by atoms with Crippen molar-refractivity contribution in [3.8, 4) is 0 Å². The summed E-state index contributed by atoms with van der Waals surface area (Å²) in [4.78, 5) is 24.4. The average Bonchev–Trinajstić information content (AvgIpc) is 2.34. The van der Waals surface area contributed by atoms with Crippen molar-refractivity contribution in [3.05, 3.63) is 17.7 Å². The summed E-state index contributed by atoms with van der Waals surface area (Å²) >= 11 is 0. The van der Waals surface area contributed by atoms with E-state index >= 15 is 0 Å². The van der Waals surface area contributed by atoms with Crippen LogP contribution in [0.3, 0.4) is 0 Å². The van der Waals surface area contributed by atoms with Gasteiger partial charge < -0.3 is 9.64 Å². The number of carbonyl (C=O) groups excluding carboxylic acids is 2. The van der Waals surface area contributed by atoms with Gasteiger partial charge in [-0.15, -0.1) is 0 Å². The van der Waals surface area contributed by atoms with E-state index in [9.17, 15) is 9.59 Å². The standard InChI is InChI=1S/C14H21NO3/c1-13(2,3)18-12(17)15-8-11(9-16)6-7-14(4,5)10-15/h6-7H,8,10H2,1-5H3. The van der Waals surface area contributed by atoms with Gasteiger partial charge in [-0.1, -0.05) is 19.9 Å². The average molecular weight is 251 g/mol. The zero-order valence-corrected chi connectivity index (χ0v) is 11.7. The van der Waals surface area contributed by atoms with E-state index in [-0.39, 0.29) is 12.0 Å². The Kier molecular flexibility index (Phi) is 4.02. The van der Waals surface area contributed by atoms with E-state index in [0.29, 0.717) is 12.1 Å². The molecule has 4 heteroatoms. The van der Waals surface area contributed by atoms with Gasteiger partial charge in [-0.05, 0) is 26.8 Å². The highest BCUT2D eigenvalue weighted by atomic mass is 16.6. The van der Waals surface area contributed by atoms with E-state index in [1.807, 2.05) is 46.6 Å². The third-order valence-electron chi connectivity index (χ3n) is 2.48. The summed E-state index contributed by atoms with van der Waals surface area (Å²) in [5.41, 5.74) is -0.256. The molecule has 0 radical (unpaired) electrons. The first-order valence-corrected chi connectivity index (χ1v) is 6.04. The molecule has 1 heterocycles. The van der Waals surface area contributed by atoms with Crippen LogP contribution >= 0.6 is 0 Å². The molecule has 0 aromatic carbocycles. The third-order valence-corrected chi connectivity index (χ3v) is 2.48. The molecule has 100 valence electrons. The second-order valence-corrected chi connectivity index (χ2v) is 6.29. The minimum Gasteiger partial charge on any atom is -0.444 e. The molecule has 4 nitrogen and oxygen atoms in total. The van der Waals surface area contributed by atoms with Gasteiger partial charge >= 0.3 is 6.09 Å². The van der Waals surface area contributed by atoms with Crippen LogP contribution in [0.15, 0.2) is 17.7 Å². The fraction of sp³-hybridized carbons (Fsp3) is 0.643. The van der Waals surface area contributed by atoms with Crippen molar-refractivity contribution in [2.45, 2.75) is 40.2 Å². The lowest BCUT2D eigenvalue weighted by Gasteiger charge is -2.30. The maximum absolute atomic E-state index is 12.0. The summed E-state index contributed by atoms with van der Waals surface area (Å²) in [6.45, 7) is 10.2. The molecule has 0 saturated heterocycles. The molecule has 18 heavy (non-hydrogen) atoms. The van der Waals surface area contributed by atoms with E-state index in [4.69, 9.17) is 4.74 Å². The van der Waals surface area contributed by atoms with Crippen LogP contribution in [0.4, 0.5) is 4.79 Å². The Bertz CT molecular complexity index is 409. The number of hydrogen-bond donors (Lipinski definition) is 0. The highest BCUT2D eigenvalue weighted by Gasteiger charge is 2.29. The molecule has 0 N–H and O–H groups in total. The summed E-state index contributed by atoms with van der Waals surface area (Å²) in [5.74, 6) is 1.86. The molecule has 0 bridgehead atoms. The van der Waals surface area contributed by atoms with Gasteiger partial charge in [0.15, 0.2) is 0 Å². The van der Waals surface area contributed by atoms with Gasteiger partial charge in [0.2, 0.25) is 0 Å². The molecule has 1 aliphatic heterocycles. The molecule has 1 rings (SSSR count). The lowest BCUT2D eigenvalue weighted by atomic mass is 9.93. The molecule has 0 spiro atoms. The molecule has 0 atom stereocenters. The molecule has 1 amide bonds. The summed E-state index contributed by atoms with van der Waals surface area (Å²) in [6, 6.07) is 0. The Labute approximate surface area is 108 Å². The van der Waals surface area contributed by atoms with Crippen LogP contribution in [-0.4, -0.2) is 35.6 Å². The van der Waals surface area contributed by atoms with Gasteiger partial charge in [0.1, 0.15) is 11.5 Å². The normalized spacial score (nSPS) is 19.2. The minimum atomic E-state index is -0.536. The predicted octanol–water partition coefficient (Wildman–Crippen LogP) is 2.58. The maximum Gasteiger partial charge on any atom is 0.410 e. The monoisotopic (exact) mass is 251 g/mol. The first-order chi connectivity index (χ1) is 8.13. The summed E-state index contributed by atoms with van der Waals surface area (Å²) in [7, 11) is 0. The first kappa shape index (κ1) is 14.5. The minimum absolute atomic E-state index is 0.185. The summed E-state index contributed by atoms with van der Waals surface area (Å²) in [6.07, 6.45) is 3.27. The topological polar surface area (TPSA) is 46.6 Å². The predicted molar refractivity (Wildman–Crippen MR) is 69.9 cm³/mol. The van der Waals surface area contributed by atoms with Crippen molar-refractivity contribution < 1.29 is 14.3 Å². The van der Waals surface area contributed by atoms with Gasteiger partial charge in [0, 0.05) is 12.0 Å². The SMILES string of the molecule is CC1(C)C=CC(=C=O)CN(C(=O)OC(C)(C)C)C1. The molecular formula is C14H21NO3. The molecular weight excluding hydrogens is 230 g/mol. The van der Waals surface area contributed by atoms with E-state index < -0.39 is 11.7 Å². The Morgan fingerprint density at radius 2 is 2.06 bits per heavy atom. The zero-order chi connectivity index (χ0) is 14.0. The van der Waals surface area contributed by atoms with Crippen molar-refractivity contribution in [2.24, 2.45) is 5.41 Å².